The molecule has 1 saturated heterocycles. The minimum atomic E-state index is -0.390. The van der Waals surface area contributed by atoms with E-state index >= 15 is 0 Å². The van der Waals surface area contributed by atoms with Gasteiger partial charge in [-0.25, -0.2) is 4.39 Å². The monoisotopic (exact) mass is 298 g/mol. The molecule has 0 unspecified atom stereocenters. The van der Waals surface area contributed by atoms with Crippen LogP contribution in [0.1, 0.15) is 35.7 Å². The number of amides is 1. The van der Waals surface area contributed by atoms with E-state index in [-0.39, 0.29) is 17.0 Å². The molecule has 1 aliphatic heterocycles. The van der Waals surface area contributed by atoms with Gasteiger partial charge in [-0.2, -0.15) is 0 Å². The van der Waals surface area contributed by atoms with Gasteiger partial charge in [0.1, 0.15) is 5.82 Å². The molecule has 20 heavy (non-hydrogen) atoms. The third-order valence-corrected chi connectivity index (χ3v) is 4.28. The first kappa shape index (κ1) is 15.3. The molecule has 1 aliphatic rings. The molecule has 0 bridgehead atoms. The molecule has 1 fully saturated rings. The van der Waals surface area contributed by atoms with Crippen molar-refractivity contribution in [2.45, 2.75) is 32.7 Å². The first-order chi connectivity index (χ1) is 9.40. The standard InChI is InChI=1S/C15H20ClFN2O/c1-9-6-12(13(16)7-14(9)17)15(20)19-5-3-4-11(8-19)10(2)18/h6-7,10-11H,3-5,8,18H2,1-2H3/t10-,11-/m1/s1. The summed E-state index contributed by atoms with van der Waals surface area (Å²) in [5.41, 5.74) is 6.73. The number of nitrogens with two attached hydrogens (primary N) is 1. The molecule has 2 N–H and O–H groups in total. The van der Waals surface area contributed by atoms with Gasteiger partial charge in [0, 0.05) is 19.1 Å². The molecule has 5 heteroatoms. The topological polar surface area (TPSA) is 46.3 Å². The van der Waals surface area contributed by atoms with Crippen molar-refractivity contribution in [3.8, 4) is 0 Å². The highest BCUT2D eigenvalue weighted by Gasteiger charge is 2.27. The van der Waals surface area contributed by atoms with Crippen molar-refractivity contribution in [1.82, 2.24) is 4.90 Å². The summed E-state index contributed by atoms with van der Waals surface area (Å²) in [7, 11) is 0. The molecule has 0 spiro atoms. The summed E-state index contributed by atoms with van der Waals surface area (Å²) >= 11 is 6.00. The predicted molar refractivity (Wildman–Crippen MR) is 78.4 cm³/mol. The maximum absolute atomic E-state index is 13.4. The lowest BCUT2D eigenvalue weighted by Crippen LogP contribution is -2.45. The van der Waals surface area contributed by atoms with Gasteiger partial charge in [-0.1, -0.05) is 11.6 Å². The lowest BCUT2D eigenvalue weighted by atomic mass is 9.92. The zero-order valence-electron chi connectivity index (χ0n) is 11.8. The van der Waals surface area contributed by atoms with E-state index in [2.05, 4.69) is 0 Å². The normalized spacial score (nSPS) is 20.9. The second-order valence-electron chi connectivity index (χ2n) is 5.59. The van der Waals surface area contributed by atoms with Crippen molar-refractivity contribution < 1.29 is 9.18 Å². The van der Waals surface area contributed by atoms with Crippen LogP contribution in [0, 0.1) is 18.7 Å². The third-order valence-electron chi connectivity index (χ3n) is 3.97. The van der Waals surface area contributed by atoms with Gasteiger partial charge in [0.2, 0.25) is 0 Å². The van der Waals surface area contributed by atoms with Crippen molar-refractivity contribution in [2.24, 2.45) is 11.7 Å². The van der Waals surface area contributed by atoms with Crippen LogP contribution in [0.15, 0.2) is 12.1 Å². The Morgan fingerprint density at radius 2 is 2.25 bits per heavy atom. The van der Waals surface area contributed by atoms with Crippen LogP contribution in [-0.4, -0.2) is 29.9 Å². The molecular formula is C15H20ClFN2O. The summed E-state index contributed by atoms with van der Waals surface area (Å²) in [5, 5.41) is 0.168. The molecule has 0 aliphatic carbocycles. The minimum absolute atomic E-state index is 0.0658. The SMILES string of the molecule is Cc1cc(C(=O)N2CCC[C@@H]([C@@H](C)N)C2)c(Cl)cc1F. The van der Waals surface area contributed by atoms with E-state index in [9.17, 15) is 9.18 Å². The number of aryl methyl sites for hydroxylation is 1. The van der Waals surface area contributed by atoms with Crippen molar-refractivity contribution in [3.63, 3.8) is 0 Å². The van der Waals surface area contributed by atoms with Crippen LogP contribution < -0.4 is 5.73 Å². The van der Waals surface area contributed by atoms with Crippen LogP contribution in [-0.2, 0) is 0 Å². The molecule has 3 nitrogen and oxygen atoms in total. The maximum atomic E-state index is 13.4. The lowest BCUT2D eigenvalue weighted by molar-refractivity contribution is 0.0661. The fourth-order valence-electron chi connectivity index (χ4n) is 2.62. The van der Waals surface area contributed by atoms with E-state index in [0.29, 0.717) is 30.1 Å². The zero-order chi connectivity index (χ0) is 14.9. The van der Waals surface area contributed by atoms with Crippen molar-refractivity contribution in [2.75, 3.05) is 13.1 Å². The molecule has 2 atom stereocenters. The molecule has 110 valence electrons. The molecule has 2 rings (SSSR count). The van der Waals surface area contributed by atoms with Gasteiger partial charge in [0.15, 0.2) is 0 Å². The second-order valence-corrected chi connectivity index (χ2v) is 6.00. The quantitative estimate of drug-likeness (QED) is 0.912. The smallest absolute Gasteiger partial charge is 0.255 e. The van der Waals surface area contributed by atoms with Crippen LogP contribution in [0.5, 0.6) is 0 Å². The molecular weight excluding hydrogens is 279 g/mol. The van der Waals surface area contributed by atoms with Gasteiger partial charge in [0.25, 0.3) is 5.91 Å². The Morgan fingerprint density at radius 1 is 1.55 bits per heavy atom. The fraction of sp³-hybridized carbons (Fsp3) is 0.533. The average Bonchev–Trinajstić information content (AvgIpc) is 2.42. The zero-order valence-corrected chi connectivity index (χ0v) is 12.6. The maximum Gasteiger partial charge on any atom is 0.255 e. The van der Waals surface area contributed by atoms with Crippen molar-refractivity contribution in [1.29, 1.82) is 0 Å². The number of carbonyl (C=O) groups is 1. The summed E-state index contributed by atoms with van der Waals surface area (Å²) in [6.45, 7) is 4.94. The van der Waals surface area contributed by atoms with Crippen LogP contribution in [0.3, 0.4) is 0 Å². The Morgan fingerprint density at radius 3 is 2.90 bits per heavy atom. The first-order valence-electron chi connectivity index (χ1n) is 6.90. The number of carbonyl (C=O) groups excluding carboxylic acids is 1. The summed E-state index contributed by atoms with van der Waals surface area (Å²) in [6, 6.07) is 2.79. The average molecular weight is 299 g/mol. The number of benzene rings is 1. The van der Waals surface area contributed by atoms with Gasteiger partial charge in [-0.3, -0.25) is 4.79 Å². The Bertz CT molecular complexity index is 519. The number of rotatable bonds is 2. The first-order valence-corrected chi connectivity index (χ1v) is 7.28. The highest BCUT2D eigenvalue weighted by molar-refractivity contribution is 6.33. The molecule has 1 aromatic rings. The summed E-state index contributed by atoms with van der Waals surface area (Å²) in [5.74, 6) is -0.213. The number of hydrogen-bond acceptors (Lipinski definition) is 2. The van der Waals surface area contributed by atoms with Crippen molar-refractivity contribution in [3.05, 3.63) is 34.1 Å². The van der Waals surface area contributed by atoms with Gasteiger partial charge in [0.05, 0.1) is 10.6 Å². The van der Waals surface area contributed by atoms with Crippen LogP contribution in [0.4, 0.5) is 4.39 Å². The Labute approximate surface area is 123 Å². The molecule has 0 aromatic heterocycles. The number of hydrogen-bond donors (Lipinski definition) is 1. The Hall–Kier alpha value is -1.13. The highest BCUT2D eigenvalue weighted by atomic mass is 35.5. The fourth-order valence-corrected chi connectivity index (χ4v) is 2.85. The summed E-state index contributed by atoms with van der Waals surface area (Å²) in [6.07, 6.45) is 1.98. The molecule has 1 heterocycles. The van der Waals surface area contributed by atoms with Crippen LogP contribution in [0.2, 0.25) is 5.02 Å². The predicted octanol–water partition coefficient (Wildman–Crippen LogP) is 2.99. The molecule has 1 amide bonds. The van der Waals surface area contributed by atoms with E-state index in [1.165, 1.54) is 12.1 Å². The second kappa shape index (κ2) is 6.10. The Balaban J connectivity index is 2.21. The number of likely N-dealkylation sites (tertiary alicyclic amines) is 1. The van der Waals surface area contributed by atoms with E-state index in [1.54, 1.807) is 11.8 Å². The van der Waals surface area contributed by atoms with Gasteiger partial charge in [-0.05, 0) is 50.3 Å². The van der Waals surface area contributed by atoms with E-state index < -0.39 is 5.82 Å². The Kier molecular flexibility index (Phi) is 4.66. The molecule has 1 aromatic carbocycles. The molecule has 0 saturated carbocycles. The summed E-state index contributed by atoms with van der Waals surface area (Å²) < 4.78 is 13.4. The number of nitrogens with zero attached hydrogens (tertiary/aromatic N) is 1. The van der Waals surface area contributed by atoms with E-state index in [4.69, 9.17) is 17.3 Å². The van der Waals surface area contributed by atoms with Crippen LogP contribution >= 0.6 is 11.6 Å². The third kappa shape index (κ3) is 3.13. The number of piperidine rings is 1. The van der Waals surface area contributed by atoms with Crippen molar-refractivity contribution >= 4 is 17.5 Å². The molecule has 0 radical (unpaired) electrons. The van der Waals surface area contributed by atoms with E-state index in [1.807, 2.05) is 6.92 Å². The van der Waals surface area contributed by atoms with Crippen LogP contribution in [0.25, 0.3) is 0 Å². The van der Waals surface area contributed by atoms with Gasteiger partial charge >= 0.3 is 0 Å². The largest absolute Gasteiger partial charge is 0.338 e. The van der Waals surface area contributed by atoms with Gasteiger partial charge in [-0.15, -0.1) is 0 Å². The minimum Gasteiger partial charge on any atom is -0.338 e. The lowest BCUT2D eigenvalue weighted by Gasteiger charge is -2.34. The van der Waals surface area contributed by atoms with E-state index in [0.717, 1.165) is 12.8 Å². The summed E-state index contributed by atoms with van der Waals surface area (Å²) in [4.78, 5) is 14.3. The van der Waals surface area contributed by atoms with Gasteiger partial charge < -0.3 is 10.6 Å². The number of halogens is 2. The highest BCUT2D eigenvalue weighted by Crippen LogP contribution is 2.25.